The summed E-state index contributed by atoms with van der Waals surface area (Å²) in [5.74, 6) is -0.164. The highest BCUT2D eigenvalue weighted by Gasteiger charge is 2.24. The fourth-order valence-corrected chi connectivity index (χ4v) is 1.96. The number of benzene rings is 1. The first kappa shape index (κ1) is 13.4. The lowest BCUT2D eigenvalue weighted by molar-refractivity contribution is 0.0897. The third kappa shape index (κ3) is 2.54. The molecule has 102 valence electrons. The van der Waals surface area contributed by atoms with E-state index >= 15 is 0 Å². The van der Waals surface area contributed by atoms with E-state index in [9.17, 15) is 4.79 Å². The Morgan fingerprint density at radius 2 is 2.11 bits per heavy atom. The molecule has 1 aromatic carbocycles. The van der Waals surface area contributed by atoms with Crippen LogP contribution in [0.4, 0.5) is 5.69 Å². The van der Waals surface area contributed by atoms with E-state index in [4.69, 9.17) is 5.73 Å². The van der Waals surface area contributed by atoms with Crippen LogP contribution in [-0.4, -0.2) is 21.6 Å². The Morgan fingerprint density at radius 1 is 1.42 bits per heavy atom. The number of anilines is 1. The summed E-state index contributed by atoms with van der Waals surface area (Å²) in [6.07, 6.45) is 1.75. The van der Waals surface area contributed by atoms with Gasteiger partial charge in [-0.2, -0.15) is 5.10 Å². The minimum absolute atomic E-state index is 0.164. The molecule has 0 unspecified atom stereocenters. The number of nitrogens with one attached hydrogen (secondary N) is 2. The molecule has 2 rings (SSSR count). The number of amides is 1. The number of aromatic amines is 1. The summed E-state index contributed by atoms with van der Waals surface area (Å²) < 4.78 is 0. The van der Waals surface area contributed by atoms with Crippen molar-refractivity contribution in [2.45, 2.75) is 39.2 Å². The second-order valence-corrected chi connectivity index (χ2v) is 5.10. The summed E-state index contributed by atoms with van der Waals surface area (Å²) in [4.78, 5) is 12.3. The van der Waals surface area contributed by atoms with Gasteiger partial charge in [0.2, 0.25) is 0 Å². The Kier molecular flexibility index (Phi) is 3.46. The van der Waals surface area contributed by atoms with Gasteiger partial charge in [-0.25, -0.2) is 0 Å². The van der Waals surface area contributed by atoms with E-state index in [0.717, 1.165) is 23.7 Å². The standard InChI is InChI=1S/C14H20N4O/c1-4-14(3,5-2)16-13(19)12-10-8-9(15)6-7-11(10)17-18-12/h6-8H,4-5,15H2,1-3H3,(H,16,19)(H,17,18). The number of nitrogens with two attached hydrogens (primary N) is 1. The largest absolute Gasteiger partial charge is 0.399 e. The molecule has 1 aromatic heterocycles. The van der Waals surface area contributed by atoms with E-state index in [1.54, 1.807) is 12.1 Å². The van der Waals surface area contributed by atoms with E-state index in [2.05, 4.69) is 29.4 Å². The summed E-state index contributed by atoms with van der Waals surface area (Å²) in [6.45, 7) is 6.16. The molecule has 1 heterocycles. The smallest absolute Gasteiger partial charge is 0.272 e. The van der Waals surface area contributed by atoms with Gasteiger partial charge in [-0.15, -0.1) is 0 Å². The van der Waals surface area contributed by atoms with Crippen LogP contribution in [0.2, 0.25) is 0 Å². The van der Waals surface area contributed by atoms with E-state index in [1.165, 1.54) is 0 Å². The van der Waals surface area contributed by atoms with Crippen LogP contribution in [-0.2, 0) is 0 Å². The summed E-state index contributed by atoms with van der Waals surface area (Å²) >= 11 is 0. The Balaban J connectivity index is 2.34. The number of nitrogens with zero attached hydrogens (tertiary/aromatic N) is 1. The number of H-pyrrole nitrogens is 1. The van der Waals surface area contributed by atoms with Gasteiger partial charge in [0, 0.05) is 16.6 Å². The SMILES string of the molecule is CCC(C)(CC)NC(=O)c1n[nH]c2ccc(N)cc12. The van der Waals surface area contributed by atoms with Crippen molar-refractivity contribution < 1.29 is 4.79 Å². The molecule has 0 aliphatic carbocycles. The normalized spacial score (nSPS) is 11.7. The van der Waals surface area contributed by atoms with Gasteiger partial charge >= 0.3 is 0 Å². The van der Waals surface area contributed by atoms with E-state index in [-0.39, 0.29) is 11.4 Å². The Morgan fingerprint density at radius 3 is 2.74 bits per heavy atom. The number of nitrogen functional groups attached to an aromatic ring is 1. The van der Waals surface area contributed by atoms with Crippen molar-refractivity contribution in [1.82, 2.24) is 15.5 Å². The molecule has 0 bridgehead atoms. The molecule has 5 nitrogen and oxygen atoms in total. The highest BCUT2D eigenvalue weighted by Crippen LogP contribution is 2.20. The first-order valence-electron chi connectivity index (χ1n) is 6.55. The van der Waals surface area contributed by atoms with Crippen molar-refractivity contribution in [3.63, 3.8) is 0 Å². The predicted octanol–water partition coefficient (Wildman–Crippen LogP) is 2.45. The molecule has 0 saturated carbocycles. The number of carbonyl (C=O) groups is 1. The van der Waals surface area contributed by atoms with Crippen molar-refractivity contribution >= 4 is 22.5 Å². The fourth-order valence-electron chi connectivity index (χ4n) is 1.96. The molecule has 0 spiro atoms. The monoisotopic (exact) mass is 260 g/mol. The first-order valence-corrected chi connectivity index (χ1v) is 6.55. The Labute approximate surface area is 112 Å². The molecular formula is C14H20N4O. The number of hydrogen-bond donors (Lipinski definition) is 3. The maximum atomic E-state index is 12.3. The third-order valence-electron chi connectivity index (χ3n) is 3.78. The molecule has 0 radical (unpaired) electrons. The highest BCUT2D eigenvalue weighted by atomic mass is 16.2. The maximum Gasteiger partial charge on any atom is 0.272 e. The molecule has 2 aromatic rings. The zero-order valence-corrected chi connectivity index (χ0v) is 11.6. The second kappa shape index (κ2) is 4.91. The molecular weight excluding hydrogens is 240 g/mol. The average Bonchev–Trinajstić information content (AvgIpc) is 2.81. The van der Waals surface area contributed by atoms with Gasteiger partial charge in [0.25, 0.3) is 5.91 Å². The van der Waals surface area contributed by atoms with Crippen molar-refractivity contribution in [3.8, 4) is 0 Å². The van der Waals surface area contributed by atoms with Gasteiger partial charge in [-0.05, 0) is 38.0 Å². The summed E-state index contributed by atoms with van der Waals surface area (Å²) in [5, 5.41) is 10.7. The molecule has 0 fully saturated rings. The van der Waals surface area contributed by atoms with Crippen LogP contribution in [0.15, 0.2) is 18.2 Å². The number of rotatable bonds is 4. The van der Waals surface area contributed by atoms with E-state index in [0.29, 0.717) is 11.4 Å². The Bertz CT molecular complexity index is 599. The van der Waals surface area contributed by atoms with Gasteiger partial charge in [-0.1, -0.05) is 13.8 Å². The van der Waals surface area contributed by atoms with Crippen LogP contribution in [0.25, 0.3) is 10.9 Å². The summed E-state index contributed by atoms with van der Waals surface area (Å²) in [6, 6.07) is 5.38. The molecule has 0 atom stereocenters. The average molecular weight is 260 g/mol. The van der Waals surface area contributed by atoms with E-state index in [1.807, 2.05) is 13.0 Å². The number of aromatic nitrogens is 2. The number of carbonyl (C=O) groups excluding carboxylic acids is 1. The quantitative estimate of drug-likeness (QED) is 0.738. The van der Waals surface area contributed by atoms with Crippen LogP contribution in [0, 0.1) is 0 Å². The fraction of sp³-hybridized carbons (Fsp3) is 0.429. The van der Waals surface area contributed by atoms with Gasteiger partial charge in [0.1, 0.15) is 0 Å². The van der Waals surface area contributed by atoms with Crippen molar-refractivity contribution in [2.24, 2.45) is 0 Å². The van der Waals surface area contributed by atoms with Gasteiger partial charge in [0.05, 0.1) is 5.52 Å². The zero-order chi connectivity index (χ0) is 14.0. The van der Waals surface area contributed by atoms with Crippen LogP contribution < -0.4 is 11.1 Å². The molecule has 1 amide bonds. The highest BCUT2D eigenvalue weighted by molar-refractivity contribution is 6.05. The molecule has 5 heteroatoms. The summed E-state index contributed by atoms with van der Waals surface area (Å²) in [5.41, 5.74) is 7.39. The minimum atomic E-state index is -0.206. The topological polar surface area (TPSA) is 83.8 Å². The lowest BCUT2D eigenvalue weighted by atomic mass is 9.95. The van der Waals surface area contributed by atoms with E-state index < -0.39 is 0 Å². The van der Waals surface area contributed by atoms with Gasteiger partial charge < -0.3 is 11.1 Å². The van der Waals surface area contributed by atoms with Gasteiger partial charge in [0.15, 0.2) is 5.69 Å². The van der Waals surface area contributed by atoms with Crippen molar-refractivity contribution in [3.05, 3.63) is 23.9 Å². The predicted molar refractivity (Wildman–Crippen MR) is 77.0 cm³/mol. The van der Waals surface area contributed by atoms with Gasteiger partial charge in [-0.3, -0.25) is 9.89 Å². The zero-order valence-electron chi connectivity index (χ0n) is 11.6. The van der Waals surface area contributed by atoms with Crippen molar-refractivity contribution in [1.29, 1.82) is 0 Å². The van der Waals surface area contributed by atoms with Crippen LogP contribution in [0.5, 0.6) is 0 Å². The number of fused-ring (bicyclic) bond motifs is 1. The van der Waals surface area contributed by atoms with Crippen LogP contribution >= 0.6 is 0 Å². The maximum absolute atomic E-state index is 12.3. The Hall–Kier alpha value is -2.04. The molecule has 19 heavy (non-hydrogen) atoms. The molecule has 0 saturated heterocycles. The number of hydrogen-bond acceptors (Lipinski definition) is 3. The third-order valence-corrected chi connectivity index (χ3v) is 3.78. The first-order chi connectivity index (χ1) is 8.99. The van der Waals surface area contributed by atoms with Crippen LogP contribution in [0.3, 0.4) is 0 Å². The second-order valence-electron chi connectivity index (χ2n) is 5.10. The van der Waals surface area contributed by atoms with Crippen LogP contribution in [0.1, 0.15) is 44.1 Å². The molecule has 0 aliphatic heterocycles. The summed E-state index contributed by atoms with van der Waals surface area (Å²) in [7, 11) is 0. The molecule has 4 N–H and O–H groups in total. The van der Waals surface area contributed by atoms with Crippen molar-refractivity contribution in [2.75, 3.05) is 5.73 Å². The lowest BCUT2D eigenvalue weighted by Gasteiger charge is -2.27. The lowest BCUT2D eigenvalue weighted by Crippen LogP contribution is -2.45. The molecule has 0 aliphatic rings. The minimum Gasteiger partial charge on any atom is -0.399 e.